The van der Waals surface area contributed by atoms with E-state index in [1.54, 1.807) is 31.1 Å². The first kappa shape index (κ1) is 24.7. The van der Waals surface area contributed by atoms with Crippen molar-refractivity contribution < 1.29 is 19.1 Å². The second-order valence-corrected chi connectivity index (χ2v) is 9.85. The van der Waals surface area contributed by atoms with E-state index in [0.717, 1.165) is 24.1 Å². The normalized spacial score (nSPS) is 17.9. The lowest BCUT2D eigenvalue weighted by Crippen LogP contribution is -2.40. The number of esters is 1. The molecule has 0 N–H and O–H groups in total. The molecular weight excluding hydrogens is 490 g/mol. The molecule has 9 heteroatoms. The Morgan fingerprint density at radius 1 is 1.08 bits per heavy atom. The fraction of sp³-hybridized carbons (Fsp3) is 0.286. The number of unbranched alkanes of at least 4 members (excludes halogenated alkanes) is 1. The minimum absolute atomic E-state index is 0.190. The molecule has 1 aromatic heterocycles. The summed E-state index contributed by atoms with van der Waals surface area (Å²) in [6, 6.07) is 14.0. The van der Waals surface area contributed by atoms with Crippen LogP contribution in [0.1, 0.15) is 43.9 Å². The van der Waals surface area contributed by atoms with Crippen LogP contribution in [0.4, 0.5) is 5.69 Å². The summed E-state index contributed by atoms with van der Waals surface area (Å²) < 4.78 is 12.2. The maximum Gasteiger partial charge on any atom is 0.338 e. The van der Waals surface area contributed by atoms with Gasteiger partial charge in [-0.3, -0.25) is 14.2 Å². The molecule has 0 fully saturated rings. The van der Waals surface area contributed by atoms with E-state index in [1.807, 2.05) is 36.4 Å². The number of rotatable bonds is 6. The van der Waals surface area contributed by atoms with Gasteiger partial charge in [-0.1, -0.05) is 55.0 Å². The number of allylic oxidation sites excluding steroid dienone is 1. The van der Waals surface area contributed by atoms with E-state index in [9.17, 15) is 14.4 Å². The van der Waals surface area contributed by atoms with Crippen molar-refractivity contribution >= 4 is 34.5 Å². The highest BCUT2D eigenvalue weighted by Crippen LogP contribution is 2.36. The van der Waals surface area contributed by atoms with Crippen LogP contribution in [-0.2, 0) is 14.3 Å². The van der Waals surface area contributed by atoms with E-state index < -0.39 is 12.0 Å². The van der Waals surface area contributed by atoms with Crippen LogP contribution in [0.2, 0.25) is 0 Å². The number of hydrogen-bond donors (Lipinski definition) is 0. The number of hydrogen-bond acceptors (Lipinski definition) is 7. The lowest BCUT2D eigenvalue weighted by atomic mass is 9.96. The van der Waals surface area contributed by atoms with Gasteiger partial charge in [0.25, 0.3) is 11.5 Å². The maximum absolute atomic E-state index is 14.1. The minimum atomic E-state index is -0.758. The zero-order chi connectivity index (χ0) is 26.3. The number of methoxy groups -OCH3 is 2. The number of thiazole rings is 1. The average Bonchev–Trinajstić information content (AvgIpc) is 3.38. The number of benzene rings is 2. The Bertz CT molecular complexity index is 1610. The molecule has 0 radical (unpaired) electrons. The molecular formula is C28H27N3O5S. The first-order valence-electron chi connectivity index (χ1n) is 12.1. The van der Waals surface area contributed by atoms with Gasteiger partial charge in [0.05, 0.1) is 42.8 Å². The Kier molecular flexibility index (Phi) is 6.55. The van der Waals surface area contributed by atoms with Crippen LogP contribution in [-0.4, -0.2) is 37.2 Å². The standard InChI is InChI=1S/C28H27N3O5S/c1-5-6-15-30-20-10-8-7-9-19(20)22(25(30)32)24-26(33)31-23(17-11-13-18(35-3)14-12-17)21(27(34)36-4)16(2)29-28(31)37-24/h7-14,23H,5-6,15H2,1-4H3/b24-22-. The molecule has 0 aliphatic carbocycles. The predicted molar refractivity (Wildman–Crippen MR) is 141 cm³/mol. The third kappa shape index (κ3) is 3.99. The van der Waals surface area contributed by atoms with Gasteiger partial charge in [-0.15, -0.1) is 0 Å². The molecule has 190 valence electrons. The summed E-state index contributed by atoms with van der Waals surface area (Å²) >= 11 is 1.17. The van der Waals surface area contributed by atoms with Gasteiger partial charge in [0, 0.05) is 12.1 Å². The Balaban J connectivity index is 1.78. The number of anilines is 1. The van der Waals surface area contributed by atoms with Crippen molar-refractivity contribution in [2.24, 2.45) is 4.99 Å². The van der Waals surface area contributed by atoms with Gasteiger partial charge in [0.1, 0.15) is 10.3 Å². The van der Waals surface area contributed by atoms with Crippen molar-refractivity contribution in [3.05, 3.63) is 90.6 Å². The van der Waals surface area contributed by atoms with Gasteiger partial charge in [-0.2, -0.15) is 0 Å². The smallest absolute Gasteiger partial charge is 0.338 e. The summed E-state index contributed by atoms with van der Waals surface area (Å²) in [5.74, 6) is -0.100. The van der Waals surface area contributed by atoms with E-state index in [2.05, 4.69) is 11.9 Å². The number of aromatic nitrogens is 1. The molecule has 1 unspecified atom stereocenters. The van der Waals surface area contributed by atoms with Gasteiger partial charge in [-0.25, -0.2) is 9.79 Å². The number of fused-ring (bicyclic) bond motifs is 2. The number of para-hydroxylation sites is 1. The number of amides is 1. The SMILES string of the molecule is CCCCN1C(=O)/C(=c2\sc3n(c2=O)C(c2ccc(OC)cc2)C(C(=O)OC)=C(C)N=3)c2ccccc21. The summed E-state index contributed by atoms with van der Waals surface area (Å²) in [6.07, 6.45) is 1.80. The Morgan fingerprint density at radius 2 is 1.81 bits per heavy atom. The molecule has 3 aromatic rings. The summed E-state index contributed by atoms with van der Waals surface area (Å²) in [5, 5.41) is 0. The van der Waals surface area contributed by atoms with Crippen molar-refractivity contribution in [1.82, 2.24) is 4.57 Å². The van der Waals surface area contributed by atoms with E-state index in [1.165, 1.54) is 23.0 Å². The first-order chi connectivity index (χ1) is 17.9. The third-order valence-electron chi connectivity index (χ3n) is 6.72. The quantitative estimate of drug-likeness (QED) is 0.469. The Hall–Kier alpha value is -3.98. The van der Waals surface area contributed by atoms with Crippen LogP contribution in [0.3, 0.4) is 0 Å². The van der Waals surface area contributed by atoms with Crippen LogP contribution < -0.4 is 24.5 Å². The number of carbonyl (C=O) groups is 2. The van der Waals surface area contributed by atoms with Crippen molar-refractivity contribution in [2.45, 2.75) is 32.7 Å². The summed E-state index contributed by atoms with van der Waals surface area (Å²) in [6.45, 7) is 4.38. The van der Waals surface area contributed by atoms with Crippen LogP contribution in [0.25, 0.3) is 5.57 Å². The molecule has 37 heavy (non-hydrogen) atoms. The molecule has 2 aromatic carbocycles. The monoisotopic (exact) mass is 517 g/mol. The molecule has 0 bridgehead atoms. The number of ether oxygens (including phenoxy) is 2. The Labute approximate surface area is 217 Å². The highest BCUT2D eigenvalue weighted by atomic mass is 32.1. The Morgan fingerprint density at radius 3 is 2.49 bits per heavy atom. The van der Waals surface area contributed by atoms with E-state index in [0.29, 0.717) is 38.5 Å². The lowest BCUT2D eigenvalue weighted by molar-refractivity contribution is -0.136. The highest BCUT2D eigenvalue weighted by molar-refractivity contribution is 7.07. The largest absolute Gasteiger partial charge is 0.497 e. The third-order valence-corrected chi connectivity index (χ3v) is 7.77. The van der Waals surface area contributed by atoms with E-state index in [4.69, 9.17) is 9.47 Å². The van der Waals surface area contributed by atoms with Gasteiger partial charge >= 0.3 is 5.97 Å². The second-order valence-electron chi connectivity index (χ2n) is 8.87. The van der Waals surface area contributed by atoms with E-state index in [-0.39, 0.29) is 17.0 Å². The number of nitrogens with zero attached hydrogens (tertiary/aromatic N) is 3. The van der Waals surface area contributed by atoms with Crippen LogP contribution >= 0.6 is 11.3 Å². The van der Waals surface area contributed by atoms with Crippen molar-refractivity contribution in [3.8, 4) is 5.75 Å². The molecule has 2 aliphatic rings. The molecule has 0 saturated carbocycles. The summed E-state index contributed by atoms with van der Waals surface area (Å²) in [4.78, 5) is 47.4. The molecule has 0 saturated heterocycles. The van der Waals surface area contributed by atoms with Crippen molar-refractivity contribution in [3.63, 3.8) is 0 Å². The molecule has 5 rings (SSSR count). The van der Waals surface area contributed by atoms with Gasteiger partial charge in [-0.05, 0) is 37.1 Å². The molecule has 3 heterocycles. The van der Waals surface area contributed by atoms with Crippen molar-refractivity contribution in [1.29, 1.82) is 0 Å². The topological polar surface area (TPSA) is 90.2 Å². The average molecular weight is 518 g/mol. The second kappa shape index (κ2) is 9.82. The fourth-order valence-corrected chi connectivity index (χ4v) is 6.02. The first-order valence-corrected chi connectivity index (χ1v) is 12.9. The van der Waals surface area contributed by atoms with Gasteiger partial charge < -0.3 is 14.4 Å². The molecule has 2 aliphatic heterocycles. The minimum Gasteiger partial charge on any atom is -0.497 e. The summed E-state index contributed by atoms with van der Waals surface area (Å²) in [7, 11) is 2.88. The zero-order valence-electron chi connectivity index (χ0n) is 21.1. The fourth-order valence-electron chi connectivity index (χ4n) is 4.88. The highest BCUT2D eigenvalue weighted by Gasteiger charge is 2.37. The molecule has 1 atom stereocenters. The molecule has 0 spiro atoms. The van der Waals surface area contributed by atoms with Crippen LogP contribution in [0.5, 0.6) is 5.75 Å². The lowest BCUT2D eigenvalue weighted by Gasteiger charge is -2.24. The van der Waals surface area contributed by atoms with Gasteiger partial charge in [0.15, 0.2) is 4.80 Å². The maximum atomic E-state index is 14.1. The molecule has 8 nitrogen and oxygen atoms in total. The van der Waals surface area contributed by atoms with Crippen LogP contribution in [0.15, 0.2) is 69.6 Å². The van der Waals surface area contributed by atoms with Crippen molar-refractivity contribution in [2.75, 3.05) is 25.7 Å². The predicted octanol–water partition coefficient (Wildman–Crippen LogP) is 2.93. The zero-order valence-corrected chi connectivity index (χ0v) is 21.9. The number of carbonyl (C=O) groups excluding carboxylic acids is 2. The molecule has 1 amide bonds. The van der Waals surface area contributed by atoms with E-state index >= 15 is 0 Å². The van der Waals surface area contributed by atoms with Gasteiger partial charge in [0.2, 0.25) is 0 Å². The van der Waals surface area contributed by atoms with Crippen LogP contribution in [0, 0.1) is 0 Å². The summed E-state index contributed by atoms with van der Waals surface area (Å²) in [5.41, 5.74) is 3.00.